The molecular formula is C16H21F3N2. The normalized spacial score (nSPS) is 20.0. The second-order valence-corrected chi connectivity index (χ2v) is 5.69. The lowest BCUT2D eigenvalue weighted by atomic mass is 9.96. The van der Waals surface area contributed by atoms with Gasteiger partial charge in [0.15, 0.2) is 0 Å². The molecule has 1 aromatic carbocycles. The first-order chi connectivity index (χ1) is 9.79. The van der Waals surface area contributed by atoms with Gasteiger partial charge in [-0.15, -0.1) is 0 Å². The van der Waals surface area contributed by atoms with E-state index in [0.29, 0.717) is 6.54 Å². The SMILES string of the molecule is Cc1ccc(C(C(C)N)N2CC=C(C(F)(F)F)CC2)cc1. The summed E-state index contributed by atoms with van der Waals surface area (Å²) in [6.45, 7) is 4.57. The van der Waals surface area contributed by atoms with Crippen molar-refractivity contribution in [2.45, 2.75) is 38.5 Å². The third-order valence-electron chi connectivity index (χ3n) is 3.91. The highest BCUT2D eigenvalue weighted by atomic mass is 19.4. The molecular weight excluding hydrogens is 277 g/mol. The Balaban J connectivity index is 2.18. The van der Waals surface area contributed by atoms with Crippen LogP contribution in [-0.2, 0) is 0 Å². The van der Waals surface area contributed by atoms with E-state index < -0.39 is 11.7 Å². The minimum Gasteiger partial charge on any atom is -0.326 e. The number of rotatable bonds is 3. The fourth-order valence-corrected chi connectivity index (χ4v) is 2.81. The van der Waals surface area contributed by atoms with Crippen molar-refractivity contribution in [1.29, 1.82) is 0 Å². The van der Waals surface area contributed by atoms with Crippen molar-refractivity contribution in [2.75, 3.05) is 13.1 Å². The maximum Gasteiger partial charge on any atom is 0.412 e. The van der Waals surface area contributed by atoms with Gasteiger partial charge in [-0.1, -0.05) is 35.9 Å². The van der Waals surface area contributed by atoms with Gasteiger partial charge in [0.2, 0.25) is 0 Å². The molecule has 0 aromatic heterocycles. The molecule has 0 saturated heterocycles. The first-order valence-corrected chi connectivity index (χ1v) is 7.11. The van der Waals surface area contributed by atoms with Gasteiger partial charge in [-0.25, -0.2) is 0 Å². The Labute approximate surface area is 123 Å². The molecule has 2 N–H and O–H groups in total. The monoisotopic (exact) mass is 298 g/mol. The smallest absolute Gasteiger partial charge is 0.326 e. The van der Waals surface area contributed by atoms with E-state index in [2.05, 4.69) is 0 Å². The molecule has 0 saturated carbocycles. The number of nitrogens with two attached hydrogens (primary N) is 1. The predicted molar refractivity (Wildman–Crippen MR) is 77.9 cm³/mol. The molecule has 1 heterocycles. The number of hydrogen-bond donors (Lipinski definition) is 1. The lowest BCUT2D eigenvalue weighted by Crippen LogP contribution is -2.42. The van der Waals surface area contributed by atoms with Crippen LogP contribution in [0, 0.1) is 6.92 Å². The molecule has 0 fully saturated rings. The summed E-state index contributed by atoms with van der Waals surface area (Å²) in [5, 5.41) is 0. The van der Waals surface area contributed by atoms with Crippen molar-refractivity contribution in [1.82, 2.24) is 4.90 Å². The second-order valence-electron chi connectivity index (χ2n) is 5.69. The number of nitrogens with zero attached hydrogens (tertiary/aromatic N) is 1. The van der Waals surface area contributed by atoms with E-state index >= 15 is 0 Å². The summed E-state index contributed by atoms with van der Waals surface area (Å²) in [5.41, 5.74) is 7.86. The molecule has 21 heavy (non-hydrogen) atoms. The number of aryl methyl sites for hydroxylation is 1. The van der Waals surface area contributed by atoms with Gasteiger partial charge < -0.3 is 5.73 Å². The zero-order chi connectivity index (χ0) is 15.6. The van der Waals surface area contributed by atoms with Gasteiger partial charge in [-0.2, -0.15) is 13.2 Å². The van der Waals surface area contributed by atoms with Crippen molar-refractivity contribution in [3.05, 3.63) is 47.0 Å². The Bertz CT molecular complexity index is 503. The summed E-state index contributed by atoms with van der Waals surface area (Å²) in [6, 6.07) is 7.82. The molecule has 2 unspecified atom stereocenters. The van der Waals surface area contributed by atoms with Crippen molar-refractivity contribution in [3.8, 4) is 0 Å². The molecule has 2 atom stereocenters. The molecule has 0 amide bonds. The van der Waals surface area contributed by atoms with E-state index in [-0.39, 0.29) is 25.0 Å². The number of hydrogen-bond acceptors (Lipinski definition) is 2. The van der Waals surface area contributed by atoms with Crippen LogP contribution < -0.4 is 5.73 Å². The van der Waals surface area contributed by atoms with E-state index in [0.717, 1.165) is 11.1 Å². The summed E-state index contributed by atoms with van der Waals surface area (Å²) in [4.78, 5) is 2.02. The van der Waals surface area contributed by atoms with E-state index in [4.69, 9.17) is 5.73 Å². The standard InChI is InChI=1S/C16H21F3N2/c1-11-3-5-13(6-4-11)15(12(2)20)21-9-7-14(8-10-21)16(17,18)19/h3-7,12,15H,8-10,20H2,1-2H3. The molecule has 116 valence electrons. The average molecular weight is 298 g/mol. The Morgan fingerprint density at radius 1 is 1.19 bits per heavy atom. The molecule has 5 heteroatoms. The van der Waals surface area contributed by atoms with E-state index in [1.54, 1.807) is 0 Å². The van der Waals surface area contributed by atoms with Gasteiger partial charge >= 0.3 is 6.18 Å². The zero-order valence-electron chi connectivity index (χ0n) is 12.3. The van der Waals surface area contributed by atoms with Crippen LogP contribution in [-0.4, -0.2) is 30.2 Å². The van der Waals surface area contributed by atoms with Crippen molar-refractivity contribution >= 4 is 0 Å². The van der Waals surface area contributed by atoms with Gasteiger partial charge in [-0.3, -0.25) is 4.90 Å². The van der Waals surface area contributed by atoms with Gasteiger partial charge in [0.05, 0.1) is 0 Å². The number of halogens is 3. The molecule has 0 spiro atoms. The van der Waals surface area contributed by atoms with Crippen LogP contribution in [0.2, 0.25) is 0 Å². The zero-order valence-corrected chi connectivity index (χ0v) is 12.3. The van der Waals surface area contributed by atoms with Crippen LogP contribution in [0.5, 0.6) is 0 Å². The van der Waals surface area contributed by atoms with Crippen LogP contribution in [0.15, 0.2) is 35.9 Å². The topological polar surface area (TPSA) is 29.3 Å². The summed E-state index contributed by atoms with van der Waals surface area (Å²) in [7, 11) is 0. The highest BCUT2D eigenvalue weighted by Gasteiger charge is 2.36. The maximum absolute atomic E-state index is 12.7. The van der Waals surface area contributed by atoms with Crippen LogP contribution in [0.4, 0.5) is 13.2 Å². The molecule has 0 bridgehead atoms. The highest BCUT2D eigenvalue weighted by molar-refractivity contribution is 5.26. The number of benzene rings is 1. The van der Waals surface area contributed by atoms with E-state index in [1.165, 1.54) is 6.08 Å². The molecule has 2 rings (SSSR count). The third kappa shape index (κ3) is 3.86. The fourth-order valence-electron chi connectivity index (χ4n) is 2.81. The lowest BCUT2D eigenvalue weighted by molar-refractivity contribution is -0.0965. The van der Waals surface area contributed by atoms with Crippen molar-refractivity contribution < 1.29 is 13.2 Å². The van der Waals surface area contributed by atoms with Crippen molar-refractivity contribution in [2.24, 2.45) is 5.73 Å². The Morgan fingerprint density at radius 2 is 1.81 bits per heavy atom. The van der Waals surface area contributed by atoms with Gasteiger partial charge in [0.25, 0.3) is 0 Å². The molecule has 0 radical (unpaired) electrons. The average Bonchev–Trinajstić information content (AvgIpc) is 2.40. The lowest BCUT2D eigenvalue weighted by Gasteiger charge is -2.36. The maximum atomic E-state index is 12.7. The molecule has 2 nitrogen and oxygen atoms in total. The van der Waals surface area contributed by atoms with Crippen LogP contribution in [0.25, 0.3) is 0 Å². The molecule has 0 aliphatic carbocycles. The molecule has 1 aromatic rings. The van der Waals surface area contributed by atoms with Gasteiger partial charge in [0.1, 0.15) is 0 Å². The fraction of sp³-hybridized carbons (Fsp3) is 0.500. The van der Waals surface area contributed by atoms with Gasteiger partial charge in [-0.05, 0) is 25.8 Å². The second kappa shape index (κ2) is 6.20. The minimum atomic E-state index is -4.21. The third-order valence-corrected chi connectivity index (χ3v) is 3.91. The van der Waals surface area contributed by atoms with E-state index in [1.807, 2.05) is 43.0 Å². The Kier molecular flexibility index (Phi) is 4.74. The van der Waals surface area contributed by atoms with Crippen LogP contribution >= 0.6 is 0 Å². The highest BCUT2D eigenvalue weighted by Crippen LogP contribution is 2.33. The Hall–Kier alpha value is -1.33. The van der Waals surface area contributed by atoms with E-state index in [9.17, 15) is 13.2 Å². The number of alkyl halides is 3. The predicted octanol–water partition coefficient (Wildman–Crippen LogP) is 3.58. The first kappa shape index (κ1) is 16.0. The van der Waals surface area contributed by atoms with Crippen LogP contribution in [0.3, 0.4) is 0 Å². The summed E-state index contributed by atoms with van der Waals surface area (Å²) in [5.74, 6) is 0. The quantitative estimate of drug-likeness (QED) is 0.864. The van der Waals surface area contributed by atoms with Crippen LogP contribution in [0.1, 0.15) is 30.5 Å². The minimum absolute atomic E-state index is 0.0264. The molecule has 1 aliphatic rings. The largest absolute Gasteiger partial charge is 0.412 e. The summed E-state index contributed by atoms with van der Waals surface area (Å²) < 4.78 is 38.1. The summed E-state index contributed by atoms with van der Waals surface area (Å²) >= 11 is 0. The first-order valence-electron chi connectivity index (χ1n) is 7.11. The summed E-state index contributed by atoms with van der Waals surface area (Å²) in [6.07, 6.45) is -2.90. The van der Waals surface area contributed by atoms with Crippen molar-refractivity contribution in [3.63, 3.8) is 0 Å². The molecule has 1 aliphatic heterocycles. The van der Waals surface area contributed by atoms with Gasteiger partial charge in [0, 0.05) is 30.7 Å². The Morgan fingerprint density at radius 3 is 2.24 bits per heavy atom.